The minimum absolute atomic E-state index is 0.123. The van der Waals surface area contributed by atoms with E-state index in [2.05, 4.69) is 26.0 Å². The zero-order chi connectivity index (χ0) is 21.0. The third kappa shape index (κ3) is 6.10. The van der Waals surface area contributed by atoms with Crippen molar-refractivity contribution in [2.45, 2.75) is 13.5 Å². The largest absolute Gasteiger partial charge is 0.486 e. The predicted molar refractivity (Wildman–Crippen MR) is 115 cm³/mol. The molecule has 0 aliphatic rings. The van der Waals surface area contributed by atoms with Crippen LogP contribution in [-0.4, -0.2) is 20.6 Å². The number of benzene rings is 2. The fourth-order valence-corrected chi connectivity index (χ4v) is 3.35. The second kappa shape index (κ2) is 8.71. The summed E-state index contributed by atoms with van der Waals surface area (Å²) in [5.74, 6) is 0.856. The Balaban J connectivity index is 1.64. The van der Waals surface area contributed by atoms with Gasteiger partial charge < -0.3 is 14.5 Å². The molecule has 3 rings (SSSR count). The van der Waals surface area contributed by atoms with Crippen LogP contribution in [0.25, 0.3) is 0 Å². The Bertz CT molecular complexity index is 1120. The molecule has 1 amide bonds. The molecule has 29 heavy (non-hydrogen) atoms. The highest BCUT2D eigenvalue weighted by Gasteiger charge is 2.13. The molecule has 0 atom stereocenters. The van der Waals surface area contributed by atoms with Crippen molar-refractivity contribution in [3.8, 4) is 5.75 Å². The van der Waals surface area contributed by atoms with E-state index in [9.17, 15) is 13.2 Å². The second-order valence-electron chi connectivity index (χ2n) is 6.37. The van der Waals surface area contributed by atoms with E-state index in [0.29, 0.717) is 22.9 Å². The predicted octanol–water partition coefficient (Wildman–Crippen LogP) is 4.55. The number of anilines is 2. The summed E-state index contributed by atoms with van der Waals surface area (Å²) < 4.78 is 37.5. The summed E-state index contributed by atoms with van der Waals surface area (Å²) in [4.78, 5) is 12.4. The summed E-state index contributed by atoms with van der Waals surface area (Å²) in [6.07, 6.45) is 1.07. The van der Waals surface area contributed by atoms with Gasteiger partial charge in [0.25, 0.3) is 5.91 Å². The van der Waals surface area contributed by atoms with Crippen LogP contribution in [0.5, 0.6) is 5.75 Å². The Kier molecular flexibility index (Phi) is 6.29. The lowest BCUT2D eigenvalue weighted by Crippen LogP contribution is -2.13. The lowest BCUT2D eigenvalue weighted by atomic mass is 10.2. The molecule has 0 aliphatic heterocycles. The first kappa shape index (κ1) is 20.9. The van der Waals surface area contributed by atoms with Crippen molar-refractivity contribution in [2.75, 3.05) is 16.3 Å². The van der Waals surface area contributed by atoms with Crippen LogP contribution in [0.15, 0.2) is 63.5 Å². The van der Waals surface area contributed by atoms with Crippen molar-refractivity contribution >= 4 is 43.2 Å². The van der Waals surface area contributed by atoms with Gasteiger partial charge in [0, 0.05) is 10.2 Å². The Hall–Kier alpha value is -2.78. The van der Waals surface area contributed by atoms with E-state index in [1.165, 1.54) is 0 Å². The molecule has 3 aromatic rings. The van der Waals surface area contributed by atoms with Crippen LogP contribution in [0.4, 0.5) is 11.4 Å². The average Bonchev–Trinajstić information content (AvgIpc) is 3.12. The smallest absolute Gasteiger partial charge is 0.291 e. The minimum atomic E-state index is -3.42. The van der Waals surface area contributed by atoms with Crippen LogP contribution in [0.1, 0.15) is 21.9 Å². The second-order valence-corrected chi connectivity index (χ2v) is 9.03. The van der Waals surface area contributed by atoms with Crippen molar-refractivity contribution in [2.24, 2.45) is 0 Å². The van der Waals surface area contributed by atoms with Gasteiger partial charge in [0.05, 0.1) is 11.9 Å². The van der Waals surface area contributed by atoms with Gasteiger partial charge in [0.1, 0.15) is 18.1 Å². The normalized spacial score (nSPS) is 11.1. The van der Waals surface area contributed by atoms with E-state index in [1.807, 2.05) is 24.3 Å². The molecule has 0 saturated heterocycles. The summed E-state index contributed by atoms with van der Waals surface area (Å²) in [7, 11) is -3.42. The van der Waals surface area contributed by atoms with Gasteiger partial charge in [-0.3, -0.25) is 9.52 Å². The highest BCUT2D eigenvalue weighted by Crippen LogP contribution is 2.22. The van der Waals surface area contributed by atoms with Crippen molar-refractivity contribution in [1.82, 2.24) is 0 Å². The minimum Gasteiger partial charge on any atom is -0.486 e. The molecule has 9 heteroatoms. The molecule has 1 heterocycles. The summed E-state index contributed by atoms with van der Waals surface area (Å²) in [6, 6.07) is 15.5. The number of halogens is 1. The average molecular weight is 479 g/mol. The fraction of sp³-hybridized carbons (Fsp3) is 0.150. The molecule has 152 valence electrons. The Morgan fingerprint density at radius 1 is 1.10 bits per heavy atom. The van der Waals surface area contributed by atoms with Gasteiger partial charge >= 0.3 is 0 Å². The molecule has 0 unspecified atom stereocenters. The number of aryl methyl sites for hydroxylation is 1. The monoisotopic (exact) mass is 478 g/mol. The Morgan fingerprint density at radius 3 is 2.52 bits per heavy atom. The van der Waals surface area contributed by atoms with Gasteiger partial charge in [0.15, 0.2) is 5.76 Å². The molecule has 0 aliphatic carbocycles. The van der Waals surface area contributed by atoms with Crippen molar-refractivity contribution in [1.29, 1.82) is 0 Å². The first-order valence-electron chi connectivity index (χ1n) is 8.56. The van der Waals surface area contributed by atoms with Gasteiger partial charge in [0.2, 0.25) is 10.0 Å². The molecule has 7 nitrogen and oxygen atoms in total. The van der Waals surface area contributed by atoms with E-state index in [-0.39, 0.29) is 12.4 Å². The molecule has 0 radical (unpaired) electrons. The third-order valence-electron chi connectivity index (χ3n) is 3.87. The maximum atomic E-state index is 12.4. The number of hydrogen-bond donors (Lipinski definition) is 2. The van der Waals surface area contributed by atoms with Crippen LogP contribution in [0, 0.1) is 6.92 Å². The number of hydrogen-bond acceptors (Lipinski definition) is 5. The summed E-state index contributed by atoms with van der Waals surface area (Å²) >= 11 is 3.36. The van der Waals surface area contributed by atoms with E-state index in [4.69, 9.17) is 9.15 Å². The highest BCUT2D eigenvalue weighted by molar-refractivity contribution is 9.10. The fourth-order valence-electron chi connectivity index (χ4n) is 2.46. The Labute approximate surface area is 177 Å². The van der Waals surface area contributed by atoms with Crippen LogP contribution in [-0.2, 0) is 16.6 Å². The highest BCUT2D eigenvalue weighted by atomic mass is 79.9. The maximum Gasteiger partial charge on any atom is 0.291 e. The van der Waals surface area contributed by atoms with Crippen molar-refractivity contribution < 1.29 is 22.4 Å². The molecule has 2 aromatic carbocycles. The first-order chi connectivity index (χ1) is 13.7. The molecular weight excluding hydrogens is 460 g/mol. The van der Waals surface area contributed by atoms with E-state index >= 15 is 0 Å². The van der Waals surface area contributed by atoms with E-state index in [1.54, 1.807) is 37.3 Å². The topological polar surface area (TPSA) is 97.6 Å². The number of nitrogens with one attached hydrogen (secondary N) is 2. The zero-order valence-electron chi connectivity index (χ0n) is 15.7. The number of ether oxygens (including phenoxy) is 1. The van der Waals surface area contributed by atoms with Gasteiger partial charge in [-0.15, -0.1) is 0 Å². The molecule has 0 fully saturated rings. The van der Waals surface area contributed by atoms with Crippen LogP contribution in [0.2, 0.25) is 0 Å². The zero-order valence-corrected chi connectivity index (χ0v) is 18.1. The Morgan fingerprint density at radius 2 is 1.83 bits per heavy atom. The van der Waals surface area contributed by atoms with Gasteiger partial charge in [-0.05, 0) is 61.0 Å². The number of amides is 1. The summed E-state index contributed by atoms with van der Waals surface area (Å²) in [5.41, 5.74) is 1.57. The lowest BCUT2D eigenvalue weighted by molar-refractivity contribution is 0.0992. The van der Waals surface area contributed by atoms with Gasteiger partial charge in [-0.1, -0.05) is 22.0 Å². The van der Waals surface area contributed by atoms with Crippen LogP contribution in [0.3, 0.4) is 0 Å². The number of sulfonamides is 1. The number of carbonyl (C=O) groups is 1. The molecule has 0 bridgehead atoms. The number of furan rings is 1. The standard InChI is InChI=1S/C20H19BrN2O5S/c1-13-3-6-15(11-18(13)23-29(2,25)26)22-20(24)19-10-9-17(28-19)12-27-16-7-4-14(21)5-8-16/h3-11,23H,12H2,1-2H3,(H,22,24). The SMILES string of the molecule is Cc1ccc(NC(=O)c2ccc(COc3ccc(Br)cc3)o2)cc1NS(C)(=O)=O. The quantitative estimate of drug-likeness (QED) is 0.518. The molecule has 0 spiro atoms. The van der Waals surface area contributed by atoms with Crippen LogP contribution >= 0.6 is 15.9 Å². The lowest BCUT2D eigenvalue weighted by Gasteiger charge is -2.10. The van der Waals surface area contributed by atoms with E-state index in [0.717, 1.165) is 16.3 Å². The van der Waals surface area contributed by atoms with Crippen molar-refractivity contribution in [3.63, 3.8) is 0 Å². The van der Waals surface area contributed by atoms with E-state index < -0.39 is 15.9 Å². The van der Waals surface area contributed by atoms with Gasteiger partial charge in [-0.25, -0.2) is 8.42 Å². The molecule has 1 aromatic heterocycles. The summed E-state index contributed by atoms with van der Waals surface area (Å²) in [5, 5.41) is 2.69. The molecule has 2 N–H and O–H groups in total. The third-order valence-corrected chi connectivity index (χ3v) is 4.99. The summed E-state index contributed by atoms with van der Waals surface area (Å²) in [6.45, 7) is 1.95. The van der Waals surface area contributed by atoms with Crippen molar-refractivity contribution in [3.05, 3.63) is 76.2 Å². The molecular formula is C20H19BrN2O5S. The molecule has 0 saturated carbocycles. The van der Waals surface area contributed by atoms with Crippen LogP contribution < -0.4 is 14.8 Å². The number of carbonyl (C=O) groups excluding carboxylic acids is 1. The number of rotatable bonds is 7. The maximum absolute atomic E-state index is 12.4. The van der Waals surface area contributed by atoms with Gasteiger partial charge in [-0.2, -0.15) is 0 Å². The first-order valence-corrected chi connectivity index (χ1v) is 11.2.